The van der Waals surface area contributed by atoms with Gasteiger partial charge in [-0.3, -0.25) is 4.79 Å². The maximum atomic E-state index is 11.7. The number of carbonyl (C=O) groups is 2. The van der Waals surface area contributed by atoms with E-state index in [1.807, 2.05) is 12.1 Å². The second kappa shape index (κ2) is 5.35. The van der Waals surface area contributed by atoms with Crippen molar-refractivity contribution in [1.82, 2.24) is 4.90 Å². The molecule has 0 bridgehead atoms. The summed E-state index contributed by atoms with van der Waals surface area (Å²) in [5.74, 6) is 0.384. The molecular formula is C13H13NO4. The molecule has 18 heavy (non-hydrogen) atoms. The minimum absolute atomic E-state index is 0.265. The van der Waals surface area contributed by atoms with Crippen molar-refractivity contribution in [2.24, 2.45) is 0 Å². The zero-order valence-corrected chi connectivity index (χ0v) is 9.96. The fourth-order valence-corrected chi connectivity index (χ4v) is 1.57. The summed E-state index contributed by atoms with van der Waals surface area (Å²) in [7, 11) is 1.59. The van der Waals surface area contributed by atoms with Crippen molar-refractivity contribution < 1.29 is 19.1 Å². The molecule has 94 valence electrons. The molecule has 5 nitrogen and oxygen atoms in total. The van der Waals surface area contributed by atoms with Gasteiger partial charge in [0.15, 0.2) is 0 Å². The van der Waals surface area contributed by atoms with Gasteiger partial charge >= 0.3 is 6.09 Å². The summed E-state index contributed by atoms with van der Waals surface area (Å²) in [4.78, 5) is 23.9. The third-order valence-electron chi connectivity index (χ3n) is 2.56. The molecule has 0 atom stereocenters. The normalized spacial score (nSPS) is 14.9. The standard InChI is InChI=1S/C13H13NO4/c1-17-11-5-2-10(3-6-11)4-7-12(15)14-8-9-18-13(14)16/h2-7H,8-9H2,1H3/b7-4+. The molecule has 1 aromatic rings. The van der Waals surface area contributed by atoms with Crippen molar-refractivity contribution >= 4 is 18.1 Å². The molecule has 0 aliphatic carbocycles. The molecule has 5 heteroatoms. The molecule has 2 rings (SSSR count). The molecule has 1 aliphatic heterocycles. The van der Waals surface area contributed by atoms with Gasteiger partial charge < -0.3 is 9.47 Å². The van der Waals surface area contributed by atoms with E-state index in [-0.39, 0.29) is 12.5 Å². The van der Waals surface area contributed by atoms with Crippen LogP contribution in [-0.4, -0.2) is 37.2 Å². The maximum absolute atomic E-state index is 11.7. The zero-order valence-electron chi connectivity index (χ0n) is 9.96. The summed E-state index contributed by atoms with van der Waals surface area (Å²) in [6, 6.07) is 7.25. The Morgan fingerprint density at radius 3 is 2.67 bits per heavy atom. The minimum Gasteiger partial charge on any atom is -0.497 e. The van der Waals surface area contributed by atoms with E-state index in [0.717, 1.165) is 16.2 Å². The van der Waals surface area contributed by atoms with E-state index in [1.54, 1.807) is 25.3 Å². The highest BCUT2D eigenvalue weighted by Crippen LogP contribution is 2.13. The van der Waals surface area contributed by atoms with Crippen LogP contribution in [0.1, 0.15) is 5.56 Å². The van der Waals surface area contributed by atoms with E-state index in [1.165, 1.54) is 6.08 Å². The zero-order chi connectivity index (χ0) is 13.0. The molecule has 1 aliphatic rings. The minimum atomic E-state index is -0.584. The molecule has 0 spiro atoms. The second-order valence-corrected chi connectivity index (χ2v) is 3.71. The van der Waals surface area contributed by atoms with E-state index in [9.17, 15) is 9.59 Å². The first-order chi connectivity index (χ1) is 8.70. The average molecular weight is 247 g/mol. The van der Waals surface area contributed by atoms with Crippen LogP contribution in [0.2, 0.25) is 0 Å². The third-order valence-corrected chi connectivity index (χ3v) is 2.56. The highest BCUT2D eigenvalue weighted by atomic mass is 16.6. The predicted octanol–water partition coefficient (Wildman–Crippen LogP) is 1.69. The Morgan fingerprint density at radius 2 is 2.11 bits per heavy atom. The summed E-state index contributed by atoms with van der Waals surface area (Å²) in [6.07, 6.45) is 2.42. The van der Waals surface area contributed by atoms with E-state index in [2.05, 4.69) is 4.74 Å². The SMILES string of the molecule is COc1ccc(/C=C/C(=O)N2CCOC2=O)cc1. The van der Waals surface area contributed by atoms with Gasteiger partial charge in [-0.05, 0) is 23.8 Å². The van der Waals surface area contributed by atoms with Gasteiger partial charge in [0, 0.05) is 6.08 Å². The fourth-order valence-electron chi connectivity index (χ4n) is 1.57. The van der Waals surface area contributed by atoms with Gasteiger partial charge in [0.2, 0.25) is 0 Å². The molecule has 0 saturated carbocycles. The van der Waals surface area contributed by atoms with Crippen molar-refractivity contribution in [3.05, 3.63) is 35.9 Å². The quantitative estimate of drug-likeness (QED) is 0.763. The Labute approximate surface area is 105 Å². The van der Waals surface area contributed by atoms with Crippen molar-refractivity contribution in [3.8, 4) is 5.75 Å². The summed E-state index contributed by atoms with van der Waals surface area (Å²) in [5.41, 5.74) is 0.858. The first-order valence-electron chi connectivity index (χ1n) is 5.51. The molecule has 0 aromatic heterocycles. The van der Waals surface area contributed by atoms with Crippen LogP contribution in [0.3, 0.4) is 0 Å². The van der Waals surface area contributed by atoms with Crippen LogP contribution in [-0.2, 0) is 9.53 Å². The molecule has 1 aromatic carbocycles. The lowest BCUT2D eigenvalue weighted by Crippen LogP contribution is -2.29. The van der Waals surface area contributed by atoms with Crippen molar-refractivity contribution in [2.45, 2.75) is 0 Å². The van der Waals surface area contributed by atoms with Crippen LogP contribution in [0.25, 0.3) is 6.08 Å². The number of methoxy groups -OCH3 is 1. The van der Waals surface area contributed by atoms with E-state index < -0.39 is 6.09 Å². The number of rotatable bonds is 3. The third kappa shape index (κ3) is 2.68. The summed E-state index contributed by atoms with van der Waals surface area (Å²) in [5, 5.41) is 0. The van der Waals surface area contributed by atoms with Crippen LogP contribution >= 0.6 is 0 Å². The average Bonchev–Trinajstić information content (AvgIpc) is 2.83. The predicted molar refractivity (Wildman–Crippen MR) is 65.1 cm³/mol. The molecule has 0 unspecified atom stereocenters. The second-order valence-electron chi connectivity index (χ2n) is 3.71. The largest absolute Gasteiger partial charge is 0.497 e. The van der Waals surface area contributed by atoms with Gasteiger partial charge in [-0.25, -0.2) is 9.69 Å². The first-order valence-corrected chi connectivity index (χ1v) is 5.51. The van der Waals surface area contributed by atoms with Crippen LogP contribution in [0.4, 0.5) is 4.79 Å². The fraction of sp³-hybridized carbons (Fsp3) is 0.231. The van der Waals surface area contributed by atoms with Crippen LogP contribution in [0, 0.1) is 0 Å². The van der Waals surface area contributed by atoms with Gasteiger partial charge in [0.25, 0.3) is 5.91 Å². The summed E-state index contributed by atoms with van der Waals surface area (Å²) in [6.45, 7) is 0.575. The Kier molecular flexibility index (Phi) is 3.62. The summed E-state index contributed by atoms with van der Waals surface area (Å²) < 4.78 is 9.71. The van der Waals surface area contributed by atoms with Crippen LogP contribution in [0.5, 0.6) is 5.75 Å². The van der Waals surface area contributed by atoms with Gasteiger partial charge in [0.05, 0.1) is 13.7 Å². The Morgan fingerprint density at radius 1 is 1.39 bits per heavy atom. The van der Waals surface area contributed by atoms with E-state index >= 15 is 0 Å². The van der Waals surface area contributed by atoms with Gasteiger partial charge in [-0.1, -0.05) is 12.1 Å². The maximum Gasteiger partial charge on any atom is 0.416 e. The van der Waals surface area contributed by atoms with E-state index in [4.69, 9.17) is 4.74 Å². The van der Waals surface area contributed by atoms with Gasteiger partial charge in [0.1, 0.15) is 12.4 Å². The highest BCUT2D eigenvalue weighted by molar-refractivity contribution is 6.01. The van der Waals surface area contributed by atoms with Gasteiger partial charge in [-0.15, -0.1) is 0 Å². The lowest BCUT2D eigenvalue weighted by molar-refractivity contribution is -0.122. The number of cyclic esters (lactones) is 1. The molecular weight excluding hydrogens is 234 g/mol. The molecule has 1 saturated heterocycles. The summed E-state index contributed by atoms with van der Waals surface area (Å²) >= 11 is 0. The number of nitrogens with zero attached hydrogens (tertiary/aromatic N) is 1. The lowest BCUT2D eigenvalue weighted by atomic mass is 10.2. The van der Waals surface area contributed by atoms with Crippen molar-refractivity contribution in [2.75, 3.05) is 20.3 Å². The number of amides is 2. The Bertz CT molecular complexity index is 478. The Hall–Kier alpha value is -2.30. The number of benzene rings is 1. The number of hydrogen-bond acceptors (Lipinski definition) is 4. The van der Waals surface area contributed by atoms with Crippen LogP contribution < -0.4 is 4.74 Å². The number of ether oxygens (including phenoxy) is 2. The monoisotopic (exact) mass is 247 g/mol. The molecule has 1 heterocycles. The Balaban J connectivity index is 2.01. The van der Waals surface area contributed by atoms with Crippen molar-refractivity contribution in [3.63, 3.8) is 0 Å². The van der Waals surface area contributed by atoms with Gasteiger partial charge in [-0.2, -0.15) is 0 Å². The smallest absolute Gasteiger partial charge is 0.416 e. The topological polar surface area (TPSA) is 55.8 Å². The molecule has 2 amide bonds. The first kappa shape index (κ1) is 12.2. The van der Waals surface area contributed by atoms with E-state index in [0.29, 0.717) is 6.54 Å². The number of carbonyl (C=O) groups excluding carboxylic acids is 2. The number of hydrogen-bond donors (Lipinski definition) is 0. The number of imide groups is 1. The molecule has 0 radical (unpaired) electrons. The molecule has 0 N–H and O–H groups in total. The van der Waals surface area contributed by atoms with Crippen molar-refractivity contribution in [1.29, 1.82) is 0 Å². The highest BCUT2D eigenvalue weighted by Gasteiger charge is 2.26. The lowest BCUT2D eigenvalue weighted by Gasteiger charge is -2.06. The van der Waals surface area contributed by atoms with Crippen LogP contribution in [0.15, 0.2) is 30.3 Å². The molecule has 1 fully saturated rings.